The minimum Gasteiger partial charge on any atom is -0.383 e. The van der Waals surface area contributed by atoms with Crippen molar-refractivity contribution in [2.45, 2.75) is 57.5 Å². The number of benzene rings is 1. The quantitative estimate of drug-likeness (QED) is 0.503. The predicted octanol–water partition coefficient (Wildman–Crippen LogP) is 3.91. The molecule has 4 heterocycles. The molecule has 2 fully saturated rings. The summed E-state index contributed by atoms with van der Waals surface area (Å²) in [7, 11) is 0. The average molecular weight is 484 g/mol. The van der Waals surface area contributed by atoms with Gasteiger partial charge in [-0.1, -0.05) is 0 Å². The second kappa shape index (κ2) is 10.7. The van der Waals surface area contributed by atoms with Crippen molar-refractivity contribution < 1.29 is 9.53 Å². The SMILES string of the molecule is Cc1cc(NCC2CCOCC2)c2[nH]c(C3=N[C@@H](CCN4CCC[C@H]4CC(N)=O)CS3)cc2c1. The zero-order valence-electron chi connectivity index (χ0n) is 20.1. The van der Waals surface area contributed by atoms with Crippen molar-refractivity contribution in [3.05, 3.63) is 29.5 Å². The third kappa shape index (κ3) is 5.61. The Morgan fingerprint density at radius 1 is 1.29 bits per heavy atom. The molecule has 0 bridgehead atoms. The summed E-state index contributed by atoms with van der Waals surface area (Å²) in [5.74, 6) is 1.50. The number of aliphatic imine (C=N–C) groups is 1. The van der Waals surface area contributed by atoms with Crippen molar-refractivity contribution in [3.63, 3.8) is 0 Å². The van der Waals surface area contributed by atoms with E-state index in [0.717, 1.165) is 81.4 Å². The molecule has 3 aliphatic rings. The number of hydrogen-bond donors (Lipinski definition) is 3. The van der Waals surface area contributed by atoms with Crippen LogP contribution in [0.5, 0.6) is 0 Å². The third-order valence-electron chi connectivity index (χ3n) is 7.42. The van der Waals surface area contributed by atoms with Crippen LogP contribution < -0.4 is 11.1 Å². The Morgan fingerprint density at radius 3 is 2.97 bits per heavy atom. The molecule has 0 aliphatic carbocycles. The van der Waals surface area contributed by atoms with E-state index >= 15 is 0 Å². The molecule has 2 aromatic rings. The summed E-state index contributed by atoms with van der Waals surface area (Å²) < 4.78 is 5.51. The predicted molar refractivity (Wildman–Crippen MR) is 141 cm³/mol. The van der Waals surface area contributed by atoms with E-state index in [1.54, 1.807) is 0 Å². The molecule has 7 nitrogen and oxygen atoms in total. The van der Waals surface area contributed by atoms with Gasteiger partial charge in [-0.15, -0.1) is 11.8 Å². The fraction of sp³-hybridized carbons (Fsp3) is 0.615. The summed E-state index contributed by atoms with van der Waals surface area (Å²) in [6.45, 7) is 6.97. The van der Waals surface area contributed by atoms with Crippen molar-refractivity contribution in [1.29, 1.82) is 0 Å². The second-order valence-electron chi connectivity index (χ2n) is 10.1. The highest BCUT2D eigenvalue weighted by molar-refractivity contribution is 8.14. The van der Waals surface area contributed by atoms with Gasteiger partial charge in [0.15, 0.2) is 0 Å². The summed E-state index contributed by atoms with van der Waals surface area (Å²) in [6, 6.07) is 7.39. The topological polar surface area (TPSA) is 95.7 Å². The minimum absolute atomic E-state index is 0.190. The van der Waals surface area contributed by atoms with Gasteiger partial charge in [0.05, 0.1) is 22.9 Å². The first kappa shape index (κ1) is 23.7. The Bertz CT molecular complexity index is 1050. The Hall–Kier alpha value is -2.03. The number of aromatic nitrogens is 1. The van der Waals surface area contributed by atoms with Crippen LogP contribution in [0.3, 0.4) is 0 Å². The number of thioether (sulfide) groups is 1. The van der Waals surface area contributed by atoms with Crippen LogP contribution in [0.1, 0.15) is 49.8 Å². The van der Waals surface area contributed by atoms with Gasteiger partial charge in [-0.2, -0.15) is 0 Å². The molecule has 184 valence electrons. The maximum Gasteiger partial charge on any atom is 0.218 e. The van der Waals surface area contributed by atoms with Crippen LogP contribution >= 0.6 is 11.8 Å². The Balaban J connectivity index is 1.24. The molecule has 8 heteroatoms. The second-order valence-corrected chi connectivity index (χ2v) is 11.1. The van der Waals surface area contributed by atoms with Crippen LogP contribution in [-0.2, 0) is 9.53 Å². The lowest BCUT2D eigenvalue weighted by atomic mass is 10.0. The normalized spacial score (nSPS) is 24.1. The lowest BCUT2D eigenvalue weighted by Gasteiger charge is -2.24. The number of nitrogens with two attached hydrogens (primary N) is 1. The Kier molecular flexibility index (Phi) is 7.46. The molecule has 34 heavy (non-hydrogen) atoms. The van der Waals surface area contributed by atoms with Gasteiger partial charge in [-0.05, 0) is 75.3 Å². The highest BCUT2D eigenvalue weighted by atomic mass is 32.2. The van der Waals surface area contributed by atoms with E-state index < -0.39 is 0 Å². The van der Waals surface area contributed by atoms with Gasteiger partial charge in [-0.3, -0.25) is 14.7 Å². The van der Waals surface area contributed by atoms with Gasteiger partial charge in [-0.25, -0.2) is 0 Å². The number of H-pyrrole nitrogens is 1. The van der Waals surface area contributed by atoms with Crippen molar-refractivity contribution in [1.82, 2.24) is 9.88 Å². The third-order valence-corrected chi connectivity index (χ3v) is 8.57. The summed E-state index contributed by atoms with van der Waals surface area (Å²) in [5.41, 5.74) is 10.2. The van der Waals surface area contributed by atoms with Crippen LogP contribution in [0.4, 0.5) is 5.69 Å². The molecule has 5 rings (SSSR count). The molecule has 1 aromatic carbocycles. The molecule has 0 unspecified atom stereocenters. The zero-order chi connectivity index (χ0) is 23.5. The Morgan fingerprint density at radius 2 is 2.15 bits per heavy atom. The van der Waals surface area contributed by atoms with Crippen molar-refractivity contribution in [2.75, 3.05) is 43.9 Å². The largest absolute Gasteiger partial charge is 0.383 e. The smallest absolute Gasteiger partial charge is 0.218 e. The van der Waals surface area contributed by atoms with E-state index in [1.807, 2.05) is 11.8 Å². The van der Waals surface area contributed by atoms with E-state index in [9.17, 15) is 4.79 Å². The fourth-order valence-electron chi connectivity index (χ4n) is 5.53. The molecule has 1 aromatic heterocycles. The number of carbonyl (C=O) groups is 1. The summed E-state index contributed by atoms with van der Waals surface area (Å²) in [6.07, 6.45) is 6.01. The van der Waals surface area contributed by atoms with E-state index in [4.69, 9.17) is 15.5 Å². The molecule has 4 N–H and O–H groups in total. The number of nitrogens with one attached hydrogen (secondary N) is 2. The highest BCUT2D eigenvalue weighted by Crippen LogP contribution is 2.31. The first-order chi connectivity index (χ1) is 16.5. The number of likely N-dealkylation sites (tertiary alicyclic amines) is 1. The van der Waals surface area contributed by atoms with E-state index in [2.05, 4.69) is 40.3 Å². The van der Waals surface area contributed by atoms with Crippen LogP contribution in [0, 0.1) is 12.8 Å². The van der Waals surface area contributed by atoms with Gasteiger partial charge >= 0.3 is 0 Å². The molecule has 0 spiro atoms. The molecule has 0 radical (unpaired) electrons. The molecule has 2 atom stereocenters. The fourth-order valence-corrected chi connectivity index (χ4v) is 6.61. The number of nitrogens with zero attached hydrogens (tertiary/aromatic N) is 2. The molecule has 3 aliphatic heterocycles. The van der Waals surface area contributed by atoms with Crippen LogP contribution in [0.25, 0.3) is 10.9 Å². The summed E-state index contributed by atoms with van der Waals surface area (Å²) in [5, 5.41) is 6.06. The van der Waals surface area contributed by atoms with Gasteiger partial charge in [0.2, 0.25) is 5.91 Å². The number of anilines is 1. The zero-order valence-corrected chi connectivity index (χ0v) is 21.0. The number of primary amides is 1. The van der Waals surface area contributed by atoms with Crippen LogP contribution in [0.15, 0.2) is 23.2 Å². The van der Waals surface area contributed by atoms with Crippen LogP contribution in [-0.4, -0.2) is 71.5 Å². The molecular weight excluding hydrogens is 446 g/mol. The molecule has 1 amide bonds. The number of aryl methyl sites for hydroxylation is 1. The van der Waals surface area contributed by atoms with Gasteiger partial charge in [0.1, 0.15) is 5.04 Å². The van der Waals surface area contributed by atoms with Crippen molar-refractivity contribution >= 4 is 39.3 Å². The molecule has 0 saturated carbocycles. The van der Waals surface area contributed by atoms with E-state index in [-0.39, 0.29) is 5.91 Å². The van der Waals surface area contributed by atoms with E-state index in [1.165, 1.54) is 22.2 Å². The standard InChI is InChI=1S/C26H37N5O2S/c1-17-11-19-13-23(30-25(19)22(12-17)28-15-18-5-9-33-10-6-18)26-29-20(16-34-26)4-8-31-7-2-3-21(31)14-24(27)32/h11-13,18,20-21,28,30H,2-10,14-16H2,1H3,(H2,27,32)/t20-,21-/m0/s1. The number of ether oxygens (including phenoxy) is 1. The number of aromatic amines is 1. The number of carbonyl (C=O) groups excluding carboxylic acids is 1. The number of hydrogen-bond acceptors (Lipinski definition) is 6. The molecule has 2 saturated heterocycles. The molecular formula is C26H37N5O2S. The summed E-state index contributed by atoms with van der Waals surface area (Å²) >= 11 is 1.85. The first-order valence-corrected chi connectivity index (χ1v) is 13.7. The van der Waals surface area contributed by atoms with Gasteiger partial charge in [0.25, 0.3) is 0 Å². The minimum atomic E-state index is -0.190. The van der Waals surface area contributed by atoms with Crippen molar-refractivity contribution in [3.8, 4) is 0 Å². The lowest BCUT2D eigenvalue weighted by molar-refractivity contribution is -0.119. The maximum atomic E-state index is 11.4. The Labute approximate surface area is 206 Å². The number of amides is 1. The summed E-state index contributed by atoms with van der Waals surface area (Å²) in [4.78, 5) is 22.5. The first-order valence-electron chi connectivity index (χ1n) is 12.7. The number of rotatable bonds is 9. The number of fused-ring (bicyclic) bond motifs is 1. The average Bonchev–Trinajstić information content (AvgIpc) is 3.56. The van der Waals surface area contributed by atoms with E-state index in [0.29, 0.717) is 24.4 Å². The van der Waals surface area contributed by atoms with Crippen molar-refractivity contribution in [2.24, 2.45) is 16.6 Å². The lowest BCUT2D eigenvalue weighted by Crippen LogP contribution is -2.35. The van der Waals surface area contributed by atoms with Gasteiger partial charge in [0, 0.05) is 49.9 Å². The van der Waals surface area contributed by atoms with Crippen LogP contribution in [0.2, 0.25) is 0 Å². The maximum absolute atomic E-state index is 11.4. The highest BCUT2D eigenvalue weighted by Gasteiger charge is 2.28. The monoisotopic (exact) mass is 483 g/mol. The van der Waals surface area contributed by atoms with Gasteiger partial charge < -0.3 is 20.8 Å².